The number of fused-ring (bicyclic) bond motifs is 1. The zero-order valence-electron chi connectivity index (χ0n) is 14.2. The molecule has 0 N–H and O–H groups in total. The molecule has 2 atom stereocenters. The number of imide groups is 1. The van der Waals surface area contributed by atoms with E-state index in [1.807, 2.05) is 13.0 Å². The monoisotopic (exact) mass is 351 g/mol. The predicted molar refractivity (Wildman–Crippen MR) is 92.6 cm³/mol. The summed E-state index contributed by atoms with van der Waals surface area (Å²) < 4.78 is 10.2. The first-order chi connectivity index (χ1) is 12.5. The molecule has 0 unspecified atom stereocenters. The Morgan fingerprint density at radius 1 is 1.12 bits per heavy atom. The summed E-state index contributed by atoms with van der Waals surface area (Å²) in [5, 5.41) is 0. The van der Waals surface area contributed by atoms with Crippen molar-refractivity contribution in [2.24, 2.45) is 11.8 Å². The van der Waals surface area contributed by atoms with Crippen molar-refractivity contribution in [2.45, 2.75) is 19.8 Å². The minimum Gasteiger partial charge on any atom is -0.457 e. The third-order valence-corrected chi connectivity index (χ3v) is 4.85. The number of hydrogen-bond acceptors (Lipinski definition) is 5. The molecule has 6 heteroatoms. The maximum absolute atomic E-state index is 12.7. The smallest absolute Gasteiger partial charge is 0.379 e. The number of ether oxygens (including phenoxy) is 1. The van der Waals surface area contributed by atoms with E-state index in [4.69, 9.17) is 9.15 Å². The number of amides is 2. The first kappa shape index (κ1) is 16.3. The lowest BCUT2D eigenvalue weighted by Crippen LogP contribution is -2.30. The molecule has 1 saturated heterocycles. The molecule has 2 aliphatic rings. The van der Waals surface area contributed by atoms with Gasteiger partial charge in [-0.3, -0.25) is 14.5 Å². The van der Waals surface area contributed by atoms with E-state index in [2.05, 4.69) is 0 Å². The van der Waals surface area contributed by atoms with Gasteiger partial charge >= 0.3 is 5.97 Å². The highest BCUT2D eigenvalue weighted by Crippen LogP contribution is 2.39. The van der Waals surface area contributed by atoms with Crippen LogP contribution in [0.15, 0.2) is 58.7 Å². The van der Waals surface area contributed by atoms with Crippen LogP contribution in [0.25, 0.3) is 0 Å². The second-order valence-corrected chi connectivity index (χ2v) is 6.58. The quantitative estimate of drug-likeness (QED) is 0.367. The molecule has 2 heterocycles. The third kappa shape index (κ3) is 2.73. The lowest BCUT2D eigenvalue weighted by molar-refractivity contribution is -0.122. The normalized spacial score (nSPS) is 22.2. The first-order valence-corrected chi connectivity index (χ1v) is 8.44. The Morgan fingerprint density at radius 2 is 1.85 bits per heavy atom. The van der Waals surface area contributed by atoms with E-state index < -0.39 is 5.97 Å². The lowest BCUT2D eigenvalue weighted by atomic mass is 9.82. The highest BCUT2D eigenvalue weighted by molar-refractivity contribution is 6.22. The summed E-state index contributed by atoms with van der Waals surface area (Å²) in [6.45, 7) is 1.98. The molecule has 2 aromatic rings. The molecule has 0 saturated carbocycles. The summed E-state index contributed by atoms with van der Waals surface area (Å²) in [4.78, 5) is 38.5. The molecule has 132 valence electrons. The summed E-state index contributed by atoms with van der Waals surface area (Å²) >= 11 is 0. The Balaban J connectivity index is 1.51. The number of furan rings is 1. The first-order valence-electron chi connectivity index (χ1n) is 8.44. The summed E-state index contributed by atoms with van der Waals surface area (Å²) in [7, 11) is 0. The Bertz CT molecular complexity index is 895. The number of carbonyl (C=O) groups excluding carboxylic acids is 3. The standard InChI is InChI=1S/C20H17NO5/c1-12-4-9-15-16(11-12)19(23)21(18(15)22)13-5-7-14(8-6-13)26-20(24)17-3-2-10-25-17/h2-8,10,15-16H,9,11H2,1H3/t15-,16-/m1/s1. The summed E-state index contributed by atoms with van der Waals surface area (Å²) in [5.41, 5.74) is 1.64. The fourth-order valence-corrected chi connectivity index (χ4v) is 3.51. The molecule has 1 aliphatic heterocycles. The van der Waals surface area contributed by atoms with Crippen LogP contribution in [-0.4, -0.2) is 17.8 Å². The molecule has 1 aliphatic carbocycles. The fourth-order valence-electron chi connectivity index (χ4n) is 3.51. The average molecular weight is 351 g/mol. The highest BCUT2D eigenvalue weighted by Gasteiger charge is 2.48. The van der Waals surface area contributed by atoms with Crippen molar-refractivity contribution in [2.75, 3.05) is 4.90 Å². The van der Waals surface area contributed by atoms with Crippen molar-refractivity contribution < 1.29 is 23.5 Å². The van der Waals surface area contributed by atoms with Gasteiger partial charge in [0.25, 0.3) is 0 Å². The van der Waals surface area contributed by atoms with Gasteiger partial charge in [0.15, 0.2) is 0 Å². The van der Waals surface area contributed by atoms with Gasteiger partial charge in [0, 0.05) is 0 Å². The average Bonchev–Trinajstić information content (AvgIpc) is 3.24. The van der Waals surface area contributed by atoms with Crippen molar-refractivity contribution in [3.8, 4) is 5.75 Å². The van der Waals surface area contributed by atoms with Crippen LogP contribution < -0.4 is 9.64 Å². The zero-order chi connectivity index (χ0) is 18.3. The minimum atomic E-state index is -0.608. The molecule has 4 rings (SSSR count). The number of rotatable bonds is 3. The molecule has 1 aromatic heterocycles. The maximum Gasteiger partial charge on any atom is 0.379 e. The van der Waals surface area contributed by atoms with Crippen molar-refractivity contribution in [1.82, 2.24) is 0 Å². The largest absolute Gasteiger partial charge is 0.457 e. The number of allylic oxidation sites excluding steroid dienone is 2. The van der Waals surface area contributed by atoms with Gasteiger partial charge in [-0.2, -0.15) is 0 Å². The van der Waals surface area contributed by atoms with E-state index in [1.54, 1.807) is 30.3 Å². The molecular formula is C20H17NO5. The van der Waals surface area contributed by atoms with Crippen molar-refractivity contribution >= 4 is 23.5 Å². The Kier molecular flexibility index (Phi) is 3.95. The van der Waals surface area contributed by atoms with Crippen LogP contribution in [-0.2, 0) is 9.59 Å². The number of anilines is 1. The molecule has 0 bridgehead atoms. The molecule has 0 spiro atoms. The molecule has 1 fully saturated rings. The van der Waals surface area contributed by atoms with E-state index in [-0.39, 0.29) is 29.4 Å². The van der Waals surface area contributed by atoms with Gasteiger partial charge in [-0.05, 0) is 56.2 Å². The van der Waals surface area contributed by atoms with Crippen LogP contribution in [0, 0.1) is 11.8 Å². The molecular weight excluding hydrogens is 334 g/mol. The number of carbonyl (C=O) groups is 3. The van der Waals surface area contributed by atoms with Crippen LogP contribution in [0.5, 0.6) is 5.75 Å². The van der Waals surface area contributed by atoms with E-state index in [0.29, 0.717) is 24.3 Å². The van der Waals surface area contributed by atoms with E-state index in [1.165, 1.54) is 17.2 Å². The molecule has 26 heavy (non-hydrogen) atoms. The summed E-state index contributed by atoms with van der Waals surface area (Å²) in [5.74, 6) is -1.07. The number of esters is 1. The van der Waals surface area contributed by atoms with E-state index >= 15 is 0 Å². The summed E-state index contributed by atoms with van der Waals surface area (Å²) in [6.07, 6.45) is 4.66. The predicted octanol–water partition coefficient (Wildman–Crippen LogP) is 3.34. The molecule has 2 amide bonds. The molecule has 0 radical (unpaired) electrons. The second-order valence-electron chi connectivity index (χ2n) is 6.58. The van der Waals surface area contributed by atoms with E-state index in [9.17, 15) is 14.4 Å². The number of nitrogens with zero attached hydrogens (tertiary/aromatic N) is 1. The van der Waals surface area contributed by atoms with Gasteiger partial charge < -0.3 is 9.15 Å². The topological polar surface area (TPSA) is 76.8 Å². The Morgan fingerprint density at radius 3 is 2.54 bits per heavy atom. The number of benzene rings is 1. The van der Waals surface area contributed by atoms with Gasteiger partial charge in [-0.15, -0.1) is 0 Å². The van der Waals surface area contributed by atoms with Crippen molar-refractivity contribution in [1.29, 1.82) is 0 Å². The minimum absolute atomic E-state index is 0.103. The maximum atomic E-state index is 12.7. The van der Waals surface area contributed by atoms with Crippen molar-refractivity contribution in [3.63, 3.8) is 0 Å². The third-order valence-electron chi connectivity index (χ3n) is 4.85. The zero-order valence-corrected chi connectivity index (χ0v) is 14.2. The fraction of sp³-hybridized carbons (Fsp3) is 0.250. The van der Waals surface area contributed by atoms with Gasteiger partial charge in [-0.1, -0.05) is 11.6 Å². The Hall–Kier alpha value is -3.15. The highest BCUT2D eigenvalue weighted by atomic mass is 16.5. The van der Waals surface area contributed by atoms with Crippen LogP contribution in [0.4, 0.5) is 5.69 Å². The van der Waals surface area contributed by atoms with Crippen molar-refractivity contribution in [3.05, 3.63) is 60.1 Å². The SMILES string of the molecule is CC1=CC[C@H]2C(=O)N(c3ccc(OC(=O)c4ccco4)cc3)C(=O)[C@@H]2C1. The van der Waals surface area contributed by atoms with Gasteiger partial charge in [0.1, 0.15) is 5.75 Å². The summed E-state index contributed by atoms with van der Waals surface area (Å²) in [6, 6.07) is 9.44. The van der Waals surface area contributed by atoms with Crippen LogP contribution in [0.3, 0.4) is 0 Å². The van der Waals surface area contributed by atoms with Crippen LogP contribution in [0.2, 0.25) is 0 Å². The van der Waals surface area contributed by atoms with Crippen LogP contribution in [0.1, 0.15) is 30.3 Å². The van der Waals surface area contributed by atoms with Gasteiger partial charge in [0.2, 0.25) is 17.6 Å². The van der Waals surface area contributed by atoms with E-state index in [0.717, 1.165) is 5.57 Å². The molecule has 6 nitrogen and oxygen atoms in total. The molecule has 1 aromatic carbocycles. The lowest BCUT2D eigenvalue weighted by Gasteiger charge is -2.18. The van der Waals surface area contributed by atoms with Gasteiger partial charge in [-0.25, -0.2) is 4.79 Å². The second kappa shape index (κ2) is 6.29. The van der Waals surface area contributed by atoms with Crippen LogP contribution >= 0.6 is 0 Å². The number of hydrogen-bond donors (Lipinski definition) is 0. The Labute approximate surface area is 150 Å². The van der Waals surface area contributed by atoms with Gasteiger partial charge in [0.05, 0.1) is 23.8 Å².